The maximum Gasteiger partial charge on any atom is 0.275 e. The molecule has 0 saturated heterocycles. The number of pyridine rings is 2. The quantitative estimate of drug-likeness (QED) is 0.631. The van der Waals surface area contributed by atoms with Crippen LogP contribution in [0.5, 0.6) is 0 Å². The Morgan fingerprint density at radius 1 is 1.29 bits per heavy atom. The molecule has 0 saturated carbocycles. The van der Waals surface area contributed by atoms with Gasteiger partial charge in [0.15, 0.2) is 0 Å². The number of anilines is 1. The van der Waals surface area contributed by atoms with Gasteiger partial charge in [-0.15, -0.1) is 0 Å². The summed E-state index contributed by atoms with van der Waals surface area (Å²) in [6.45, 7) is 0. The average molecular weight is 234 g/mol. The first-order chi connectivity index (χ1) is 8.06. The molecule has 0 bridgehead atoms. The second kappa shape index (κ2) is 4.12. The van der Waals surface area contributed by atoms with Crippen molar-refractivity contribution in [2.24, 2.45) is 0 Å². The first-order valence-electron chi connectivity index (χ1n) is 4.59. The summed E-state index contributed by atoms with van der Waals surface area (Å²) < 4.78 is 13.0. The molecule has 0 spiro atoms. The number of nitrogens with two attached hydrogens (primary N) is 1. The van der Waals surface area contributed by atoms with E-state index in [-0.39, 0.29) is 17.2 Å². The minimum Gasteiger partial charge on any atom is -0.383 e. The molecule has 0 amide bonds. The number of nitro groups is 1. The molecule has 2 rings (SSSR count). The van der Waals surface area contributed by atoms with Gasteiger partial charge in [-0.3, -0.25) is 15.1 Å². The molecule has 0 radical (unpaired) electrons. The Bertz CT molecular complexity index is 588. The van der Waals surface area contributed by atoms with Crippen molar-refractivity contribution in [3.05, 3.63) is 46.5 Å². The lowest BCUT2D eigenvalue weighted by Crippen LogP contribution is -1.97. The zero-order chi connectivity index (χ0) is 12.4. The fraction of sp³-hybridized carbons (Fsp3) is 0. The molecule has 7 heteroatoms. The van der Waals surface area contributed by atoms with Gasteiger partial charge in [-0.2, -0.15) is 0 Å². The third-order valence-corrected chi connectivity index (χ3v) is 2.04. The third-order valence-electron chi connectivity index (χ3n) is 2.04. The minimum atomic E-state index is -0.589. The van der Waals surface area contributed by atoms with Crippen LogP contribution in [0.3, 0.4) is 0 Å². The highest BCUT2D eigenvalue weighted by Gasteiger charge is 2.11. The number of hydrogen-bond donors (Lipinski definition) is 1. The molecule has 17 heavy (non-hydrogen) atoms. The van der Waals surface area contributed by atoms with Crippen molar-refractivity contribution in [2.75, 3.05) is 5.73 Å². The van der Waals surface area contributed by atoms with Gasteiger partial charge in [-0.05, 0) is 6.07 Å². The van der Waals surface area contributed by atoms with Crippen LogP contribution in [0.15, 0.2) is 30.6 Å². The molecule has 0 aliphatic heterocycles. The Labute approximate surface area is 95.1 Å². The molecule has 2 heterocycles. The fourth-order valence-electron chi connectivity index (χ4n) is 1.34. The first kappa shape index (κ1) is 10.9. The lowest BCUT2D eigenvalue weighted by molar-refractivity contribution is -0.384. The predicted octanol–water partition coefficient (Wildman–Crippen LogP) is 1.77. The molecule has 0 aromatic carbocycles. The second-order valence-electron chi connectivity index (χ2n) is 3.28. The van der Waals surface area contributed by atoms with Crippen LogP contribution in [0, 0.1) is 15.9 Å². The Hall–Kier alpha value is -2.57. The Balaban J connectivity index is 2.56. The van der Waals surface area contributed by atoms with E-state index in [0.29, 0.717) is 5.56 Å². The van der Waals surface area contributed by atoms with Crippen molar-refractivity contribution < 1.29 is 9.31 Å². The van der Waals surface area contributed by atoms with E-state index < -0.39 is 10.7 Å². The molecule has 0 aliphatic carbocycles. The first-order valence-corrected chi connectivity index (χ1v) is 4.59. The van der Waals surface area contributed by atoms with Crippen molar-refractivity contribution in [3.8, 4) is 11.3 Å². The van der Waals surface area contributed by atoms with Gasteiger partial charge in [0.1, 0.15) is 11.6 Å². The molecule has 0 atom stereocenters. The molecule has 0 unspecified atom stereocenters. The summed E-state index contributed by atoms with van der Waals surface area (Å²) in [5.74, 6) is -0.548. The number of nitrogens with zero attached hydrogens (tertiary/aromatic N) is 3. The van der Waals surface area contributed by atoms with E-state index in [0.717, 1.165) is 12.3 Å². The number of aromatic nitrogens is 2. The van der Waals surface area contributed by atoms with E-state index in [1.165, 1.54) is 18.3 Å². The minimum absolute atomic E-state index is 0.00142. The lowest BCUT2D eigenvalue weighted by Gasteiger charge is -2.02. The highest BCUT2D eigenvalue weighted by molar-refractivity contribution is 5.63. The maximum atomic E-state index is 13.0. The van der Waals surface area contributed by atoms with Crippen molar-refractivity contribution in [1.29, 1.82) is 0 Å². The van der Waals surface area contributed by atoms with E-state index in [2.05, 4.69) is 9.97 Å². The standard InChI is InChI=1S/C10H7FN4O2/c11-7-1-6(4-13-5-7)9-2-8(15(16)17)3-10(12)14-9/h1-5H,(H2,12,14). The highest BCUT2D eigenvalue weighted by Crippen LogP contribution is 2.23. The molecular formula is C10H7FN4O2. The van der Waals surface area contributed by atoms with Crippen LogP contribution < -0.4 is 5.73 Å². The summed E-state index contributed by atoms with van der Waals surface area (Å²) in [7, 11) is 0. The Morgan fingerprint density at radius 2 is 2.06 bits per heavy atom. The highest BCUT2D eigenvalue weighted by atomic mass is 19.1. The number of halogens is 1. The number of rotatable bonds is 2. The normalized spacial score (nSPS) is 10.2. The summed E-state index contributed by atoms with van der Waals surface area (Å²) in [5.41, 5.74) is 5.79. The molecule has 0 aliphatic rings. The molecule has 2 N–H and O–H groups in total. The van der Waals surface area contributed by atoms with Gasteiger partial charge in [0, 0.05) is 17.8 Å². The molecular weight excluding hydrogens is 227 g/mol. The average Bonchev–Trinajstić information content (AvgIpc) is 2.28. The van der Waals surface area contributed by atoms with Gasteiger partial charge in [0.05, 0.1) is 22.9 Å². The molecule has 2 aromatic heterocycles. The number of hydrogen-bond acceptors (Lipinski definition) is 5. The van der Waals surface area contributed by atoms with Gasteiger partial charge >= 0.3 is 0 Å². The van der Waals surface area contributed by atoms with Crippen molar-refractivity contribution in [3.63, 3.8) is 0 Å². The Morgan fingerprint density at radius 3 is 2.71 bits per heavy atom. The maximum absolute atomic E-state index is 13.0. The van der Waals surface area contributed by atoms with Gasteiger partial charge in [0.25, 0.3) is 5.69 Å². The van der Waals surface area contributed by atoms with E-state index >= 15 is 0 Å². The predicted molar refractivity (Wildman–Crippen MR) is 58.5 cm³/mol. The SMILES string of the molecule is Nc1cc([N+](=O)[O-])cc(-c2cncc(F)c2)n1. The summed E-state index contributed by atoms with van der Waals surface area (Å²) in [4.78, 5) is 17.6. The molecule has 0 fully saturated rings. The smallest absolute Gasteiger partial charge is 0.275 e. The van der Waals surface area contributed by atoms with E-state index in [1.54, 1.807) is 0 Å². The zero-order valence-corrected chi connectivity index (χ0v) is 8.50. The van der Waals surface area contributed by atoms with E-state index in [1.807, 2.05) is 0 Å². The molecule has 86 valence electrons. The van der Waals surface area contributed by atoms with Gasteiger partial charge in [0.2, 0.25) is 0 Å². The van der Waals surface area contributed by atoms with Gasteiger partial charge in [-0.1, -0.05) is 0 Å². The topological polar surface area (TPSA) is 94.9 Å². The van der Waals surface area contributed by atoms with E-state index in [4.69, 9.17) is 5.73 Å². The number of nitrogen functional groups attached to an aromatic ring is 1. The molecule has 2 aromatic rings. The summed E-state index contributed by atoms with van der Waals surface area (Å²) in [5, 5.41) is 10.6. The summed E-state index contributed by atoms with van der Waals surface area (Å²) in [6, 6.07) is 3.53. The molecule has 6 nitrogen and oxygen atoms in total. The Kier molecular flexibility index (Phi) is 2.65. The van der Waals surface area contributed by atoms with Gasteiger partial charge in [-0.25, -0.2) is 9.37 Å². The van der Waals surface area contributed by atoms with Gasteiger partial charge < -0.3 is 5.73 Å². The summed E-state index contributed by atoms with van der Waals surface area (Å²) >= 11 is 0. The largest absolute Gasteiger partial charge is 0.383 e. The fourth-order valence-corrected chi connectivity index (χ4v) is 1.34. The van der Waals surface area contributed by atoms with Crippen LogP contribution in [0.25, 0.3) is 11.3 Å². The van der Waals surface area contributed by atoms with Crippen LogP contribution in [0.1, 0.15) is 0 Å². The van der Waals surface area contributed by atoms with Crippen LogP contribution in [0.4, 0.5) is 15.9 Å². The third kappa shape index (κ3) is 2.33. The van der Waals surface area contributed by atoms with Crippen LogP contribution >= 0.6 is 0 Å². The van der Waals surface area contributed by atoms with Crippen LogP contribution in [-0.2, 0) is 0 Å². The van der Waals surface area contributed by atoms with Crippen molar-refractivity contribution in [2.45, 2.75) is 0 Å². The second-order valence-corrected chi connectivity index (χ2v) is 3.28. The van der Waals surface area contributed by atoms with Crippen molar-refractivity contribution >= 4 is 11.5 Å². The van der Waals surface area contributed by atoms with Crippen LogP contribution in [0.2, 0.25) is 0 Å². The monoisotopic (exact) mass is 234 g/mol. The summed E-state index contributed by atoms with van der Waals surface area (Å²) in [6.07, 6.45) is 2.39. The van der Waals surface area contributed by atoms with E-state index in [9.17, 15) is 14.5 Å². The van der Waals surface area contributed by atoms with Crippen LogP contribution in [-0.4, -0.2) is 14.9 Å². The van der Waals surface area contributed by atoms with Crippen molar-refractivity contribution in [1.82, 2.24) is 9.97 Å². The lowest BCUT2D eigenvalue weighted by atomic mass is 10.2. The zero-order valence-electron chi connectivity index (χ0n) is 8.50.